The Morgan fingerprint density at radius 3 is 2.86 bits per heavy atom. The van der Waals surface area contributed by atoms with E-state index in [-0.39, 0.29) is 17.8 Å². The molecular weight excluding hydrogens is 290 g/mol. The van der Waals surface area contributed by atoms with Crippen LogP contribution in [0.5, 0.6) is 0 Å². The van der Waals surface area contributed by atoms with Crippen molar-refractivity contribution >= 4 is 17.7 Å². The minimum Gasteiger partial charge on any atom is -0.465 e. The largest absolute Gasteiger partial charge is 0.465 e. The zero-order valence-electron chi connectivity index (χ0n) is 11.7. The van der Waals surface area contributed by atoms with E-state index in [1.165, 1.54) is 0 Å². The standard InChI is InChI=1S/C14H17N3O3S/c1-2-19-12(18)9-21-14-17-16-13(20-14)11(15)8-10-6-4-3-5-7-10/h3-7,11H,2,8-9,15H2,1H3. The number of esters is 1. The Kier molecular flexibility index (Phi) is 5.77. The van der Waals surface area contributed by atoms with Gasteiger partial charge in [0, 0.05) is 0 Å². The summed E-state index contributed by atoms with van der Waals surface area (Å²) in [6, 6.07) is 9.48. The summed E-state index contributed by atoms with van der Waals surface area (Å²) in [7, 11) is 0. The highest BCUT2D eigenvalue weighted by Gasteiger charge is 2.16. The van der Waals surface area contributed by atoms with Gasteiger partial charge in [-0.05, 0) is 18.9 Å². The Morgan fingerprint density at radius 1 is 1.38 bits per heavy atom. The highest BCUT2D eigenvalue weighted by atomic mass is 32.2. The predicted octanol–water partition coefficient (Wildman–Crippen LogP) is 1.97. The summed E-state index contributed by atoms with van der Waals surface area (Å²) >= 11 is 1.14. The average molecular weight is 307 g/mol. The highest BCUT2D eigenvalue weighted by Crippen LogP contribution is 2.20. The molecule has 0 spiro atoms. The SMILES string of the molecule is CCOC(=O)CSc1nnc(C(N)Cc2ccccc2)o1. The topological polar surface area (TPSA) is 91.2 Å². The Labute approximate surface area is 127 Å². The van der Waals surface area contributed by atoms with Crippen molar-refractivity contribution in [2.45, 2.75) is 24.6 Å². The van der Waals surface area contributed by atoms with Crippen molar-refractivity contribution in [3.05, 3.63) is 41.8 Å². The number of hydrogen-bond donors (Lipinski definition) is 1. The fraction of sp³-hybridized carbons (Fsp3) is 0.357. The first-order valence-electron chi connectivity index (χ1n) is 6.60. The number of rotatable bonds is 7. The molecule has 1 aromatic heterocycles. The second kappa shape index (κ2) is 7.80. The summed E-state index contributed by atoms with van der Waals surface area (Å²) < 4.78 is 10.3. The number of thioether (sulfide) groups is 1. The first-order valence-corrected chi connectivity index (χ1v) is 7.59. The first kappa shape index (κ1) is 15.5. The lowest BCUT2D eigenvalue weighted by Gasteiger charge is -2.06. The lowest BCUT2D eigenvalue weighted by molar-refractivity contribution is -0.139. The molecule has 21 heavy (non-hydrogen) atoms. The van der Waals surface area contributed by atoms with Crippen molar-refractivity contribution in [3.8, 4) is 0 Å². The normalized spacial score (nSPS) is 12.1. The van der Waals surface area contributed by atoms with Gasteiger partial charge in [0.1, 0.15) is 5.75 Å². The average Bonchev–Trinajstić information content (AvgIpc) is 2.95. The van der Waals surface area contributed by atoms with Gasteiger partial charge < -0.3 is 14.9 Å². The van der Waals surface area contributed by atoms with E-state index < -0.39 is 0 Å². The molecule has 0 aliphatic carbocycles. The molecule has 1 heterocycles. The van der Waals surface area contributed by atoms with Gasteiger partial charge in [0.2, 0.25) is 5.89 Å². The monoisotopic (exact) mass is 307 g/mol. The number of hydrogen-bond acceptors (Lipinski definition) is 7. The van der Waals surface area contributed by atoms with Crippen LogP contribution in [0, 0.1) is 0 Å². The molecule has 0 amide bonds. The molecule has 2 N–H and O–H groups in total. The van der Waals surface area contributed by atoms with E-state index in [1.807, 2.05) is 30.3 Å². The Hall–Kier alpha value is -1.86. The zero-order chi connectivity index (χ0) is 15.1. The van der Waals surface area contributed by atoms with Gasteiger partial charge >= 0.3 is 5.97 Å². The van der Waals surface area contributed by atoms with Crippen molar-refractivity contribution in [2.75, 3.05) is 12.4 Å². The minimum atomic E-state index is -0.364. The van der Waals surface area contributed by atoms with Crippen molar-refractivity contribution in [2.24, 2.45) is 5.73 Å². The number of nitrogens with zero attached hydrogens (tertiary/aromatic N) is 2. The van der Waals surface area contributed by atoms with Crippen LogP contribution in [-0.2, 0) is 16.0 Å². The van der Waals surface area contributed by atoms with Gasteiger partial charge in [-0.3, -0.25) is 4.79 Å². The molecule has 0 fully saturated rings. The lowest BCUT2D eigenvalue weighted by Crippen LogP contribution is -2.13. The van der Waals surface area contributed by atoms with Crippen LogP contribution in [-0.4, -0.2) is 28.5 Å². The predicted molar refractivity (Wildman–Crippen MR) is 78.7 cm³/mol. The van der Waals surface area contributed by atoms with E-state index in [0.717, 1.165) is 17.3 Å². The number of carbonyl (C=O) groups excluding carboxylic acids is 1. The molecule has 0 bridgehead atoms. The number of nitrogens with two attached hydrogens (primary N) is 1. The van der Waals surface area contributed by atoms with Crippen LogP contribution in [0.4, 0.5) is 0 Å². The van der Waals surface area contributed by atoms with Crippen LogP contribution in [0.1, 0.15) is 24.4 Å². The number of benzene rings is 1. The quantitative estimate of drug-likeness (QED) is 0.617. The first-order chi connectivity index (χ1) is 10.2. The molecule has 0 aliphatic heterocycles. The molecule has 2 aromatic rings. The van der Waals surface area contributed by atoms with E-state index in [4.69, 9.17) is 14.9 Å². The Balaban J connectivity index is 1.88. The van der Waals surface area contributed by atoms with E-state index in [2.05, 4.69) is 10.2 Å². The molecule has 1 aromatic carbocycles. The molecule has 0 aliphatic rings. The van der Waals surface area contributed by atoms with Gasteiger partial charge in [0.25, 0.3) is 5.22 Å². The Morgan fingerprint density at radius 2 is 2.14 bits per heavy atom. The van der Waals surface area contributed by atoms with Crippen LogP contribution in [0.25, 0.3) is 0 Å². The summed E-state index contributed by atoms with van der Waals surface area (Å²) in [6.07, 6.45) is 0.616. The summed E-state index contributed by atoms with van der Waals surface area (Å²) in [5.41, 5.74) is 7.15. The maximum absolute atomic E-state index is 11.2. The number of aromatic nitrogens is 2. The number of ether oxygens (including phenoxy) is 1. The molecular formula is C14H17N3O3S. The van der Waals surface area contributed by atoms with Gasteiger partial charge in [-0.25, -0.2) is 0 Å². The molecule has 112 valence electrons. The third-order valence-corrected chi connectivity index (χ3v) is 3.45. The maximum Gasteiger partial charge on any atom is 0.316 e. The van der Waals surface area contributed by atoms with Crippen LogP contribution >= 0.6 is 11.8 Å². The summed E-state index contributed by atoms with van der Waals surface area (Å²) in [5.74, 6) is 0.199. The van der Waals surface area contributed by atoms with Crippen LogP contribution in [0.15, 0.2) is 40.0 Å². The van der Waals surface area contributed by atoms with Crippen LogP contribution in [0.3, 0.4) is 0 Å². The van der Waals surface area contributed by atoms with E-state index in [0.29, 0.717) is 24.1 Å². The van der Waals surface area contributed by atoms with Gasteiger partial charge in [0.15, 0.2) is 0 Å². The van der Waals surface area contributed by atoms with E-state index >= 15 is 0 Å². The summed E-state index contributed by atoms with van der Waals surface area (Å²) in [6.45, 7) is 2.12. The van der Waals surface area contributed by atoms with Crippen molar-refractivity contribution < 1.29 is 13.9 Å². The third-order valence-electron chi connectivity index (χ3n) is 2.66. The fourth-order valence-corrected chi connectivity index (χ4v) is 2.27. The zero-order valence-corrected chi connectivity index (χ0v) is 12.5. The van der Waals surface area contributed by atoms with Gasteiger partial charge in [0.05, 0.1) is 12.6 Å². The second-order valence-corrected chi connectivity index (χ2v) is 5.22. The minimum absolute atomic E-state index is 0.142. The van der Waals surface area contributed by atoms with E-state index in [1.54, 1.807) is 6.92 Å². The van der Waals surface area contributed by atoms with Gasteiger partial charge in [-0.15, -0.1) is 10.2 Å². The van der Waals surface area contributed by atoms with E-state index in [9.17, 15) is 4.79 Å². The molecule has 1 unspecified atom stereocenters. The molecule has 1 atom stereocenters. The van der Waals surface area contributed by atoms with Crippen molar-refractivity contribution in [1.29, 1.82) is 0 Å². The van der Waals surface area contributed by atoms with Crippen LogP contribution < -0.4 is 5.73 Å². The molecule has 0 saturated carbocycles. The molecule has 7 heteroatoms. The third kappa shape index (κ3) is 4.87. The highest BCUT2D eigenvalue weighted by molar-refractivity contribution is 7.99. The smallest absolute Gasteiger partial charge is 0.316 e. The van der Waals surface area contributed by atoms with Crippen LogP contribution in [0.2, 0.25) is 0 Å². The maximum atomic E-state index is 11.2. The second-order valence-electron chi connectivity index (χ2n) is 4.30. The number of carbonyl (C=O) groups is 1. The molecule has 2 rings (SSSR count). The Bertz CT molecular complexity index is 574. The summed E-state index contributed by atoms with van der Waals surface area (Å²) in [4.78, 5) is 11.2. The van der Waals surface area contributed by atoms with Gasteiger partial charge in [-0.1, -0.05) is 42.1 Å². The lowest BCUT2D eigenvalue weighted by atomic mass is 10.1. The van der Waals surface area contributed by atoms with Crippen molar-refractivity contribution in [1.82, 2.24) is 10.2 Å². The molecule has 6 nitrogen and oxygen atoms in total. The fourth-order valence-electron chi connectivity index (χ4n) is 1.71. The van der Waals surface area contributed by atoms with Crippen molar-refractivity contribution in [3.63, 3.8) is 0 Å². The molecule has 0 saturated heterocycles. The summed E-state index contributed by atoms with van der Waals surface area (Å²) in [5, 5.41) is 8.11. The van der Waals surface area contributed by atoms with Gasteiger partial charge in [-0.2, -0.15) is 0 Å². The molecule has 0 radical (unpaired) electrons.